The van der Waals surface area contributed by atoms with Crippen LogP contribution in [0.2, 0.25) is 0 Å². The Kier molecular flexibility index (Phi) is 4.16. The minimum absolute atomic E-state index is 0.0123. The predicted octanol–water partition coefficient (Wildman–Crippen LogP) is 3.40. The second kappa shape index (κ2) is 4.33. The fraction of sp³-hybridized carbons (Fsp3) is 0.917. The third kappa shape index (κ3) is 4.64. The summed E-state index contributed by atoms with van der Waals surface area (Å²) in [6.45, 7) is 14.0. The van der Waals surface area contributed by atoms with Crippen LogP contribution in [0.1, 0.15) is 54.9 Å². The van der Waals surface area contributed by atoms with Gasteiger partial charge in [0, 0.05) is 0 Å². The molecule has 0 rings (SSSR count). The van der Waals surface area contributed by atoms with Crippen molar-refractivity contribution in [1.29, 1.82) is 0 Å². The fourth-order valence-electron chi connectivity index (χ4n) is 1.51. The first kappa shape index (κ1) is 13.5. The van der Waals surface area contributed by atoms with Gasteiger partial charge in [-0.25, -0.2) is 0 Å². The van der Waals surface area contributed by atoms with Crippen LogP contribution in [-0.4, -0.2) is 11.6 Å². The Balaban J connectivity index is 4.50. The van der Waals surface area contributed by atoms with Gasteiger partial charge in [-0.15, -0.1) is 0 Å². The summed E-state index contributed by atoms with van der Waals surface area (Å²) >= 11 is 0. The Morgan fingerprint density at radius 1 is 1.14 bits per heavy atom. The molecule has 0 fully saturated rings. The van der Waals surface area contributed by atoms with Gasteiger partial charge in [-0.1, -0.05) is 27.7 Å². The molecule has 0 N–H and O–H groups in total. The number of rotatable bonds is 2. The van der Waals surface area contributed by atoms with Crippen molar-refractivity contribution < 1.29 is 9.53 Å². The van der Waals surface area contributed by atoms with Gasteiger partial charge < -0.3 is 4.74 Å². The summed E-state index contributed by atoms with van der Waals surface area (Å²) < 4.78 is 5.38. The van der Waals surface area contributed by atoms with E-state index < -0.39 is 0 Å². The largest absolute Gasteiger partial charge is 0.460 e. The lowest BCUT2D eigenvalue weighted by atomic mass is 9.79. The molecule has 0 saturated heterocycles. The molecule has 0 amide bonds. The Hall–Kier alpha value is -0.530. The van der Waals surface area contributed by atoms with E-state index in [0.717, 1.165) is 6.42 Å². The number of carbonyl (C=O) groups is 1. The molecule has 0 aromatic carbocycles. The highest BCUT2D eigenvalue weighted by molar-refractivity contribution is 5.73. The van der Waals surface area contributed by atoms with Crippen molar-refractivity contribution in [2.24, 2.45) is 11.3 Å². The molecular weight excluding hydrogens is 176 g/mol. The van der Waals surface area contributed by atoms with E-state index in [2.05, 4.69) is 20.8 Å². The van der Waals surface area contributed by atoms with Gasteiger partial charge in [0.25, 0.3) is 0 Å². The molecular formula is C12H24O2. The zero-order chi connectivity index (χ0) is 11.6. The number of carbonyl (C=O) groups excluding carboxylic acids is 1. The second-order valence-corrected chi connectivity index (χ2v) is 5.86. The standard InChI is InChI=1S/C12H24O2/c1-8-9(11(2,3)4)10(13)14-12(5,6)7/h9H,8H2,1-7H3. The van der Waals surface area contributed by atoms with Gasteiger partial charge in [0.05, 0.1) is 5.92 Å². The van der Waals surface area contributed by atoms with E-state index in [9.17, 15) is 4.79 Å². The molecule has 2 nitrogen and oxygen atoms in total. The van der Waals surface area contributed by atoms with Crippen LogP contribution in [0.15, 0.2) is 0 Å². The zero-order valence-electron chi connectivity index (χ0n) is 10.6. The third-order valence-electron chi connectivity index (χ3n) is 2.14. The molecule has 0 aliphatic carbocycles. The molecule has 0 radical (unpaired) electrons. The van der Waals surface area contributed by atoms with Crippen molar-refractivity contribution in [1.82, 2.24) is 0 Å². The summed E-state index contributed by atoms with van der Waals surface area (Å²) in [6.07, 6.45) is 0.832. The van der Waals surface area contributed by atoms with Crippen LogP contribution in [0.3, 0.4) is 0 Å². The van der Waals surface area contributed by atoms with Gasteiger partial charge in [0.15, 0.2) is 0 Å². The van der Waals surface area contributed by atoms with Crippen LogP contribution in [0, 0.1) is 11.3 Å². The van der Waals surface area contributed by atoms with E-state index in [1.54, 1.807) is 0 Å². The van der Waals surface area contributed by atoms with Crippen molar-refractivity contribution in [3.63, 3.8) is 0 Å². The number of hydrogen-bond acceptors (Lipinski definition) is 2. The molecule has 14 heavy (non-hydrogen) atoms. The second-order valence-electron chi connectivity index (χ2n) is 5.86. The van der Waals surface area contributed by atoms with E-state index in [0.29, 0.717) is 0 Å². The van der Waals surface area contributed by atoms with E-state index in [4.69, 9.17) is 4.74 Å². The molecule has 1 atom stereocenters. The van der Waals surface area contributed by atoms with E-state index in [1.807, 2.05) is 27.7 Å². The first-order valence-corrected chi connectivity index (χ1v) is 5.31. The Morgan fingerprint density at radius 3 is 1.79 bits per heavy atom. The molecule has 0 aromatic heterocycles. The van der Waals surface area contributed by atoms with Crippen LogP contribution in [-0.2, 0) is 9.53 Å². The van der Waals surface area contributed by atoms with E-state index >= 15 is 0 Å². The lowest BCUT2D eigenvalue weighted by Crippen LogP contribution is -2.34. The Labute approximate surface area is 88.0 Å². The smallest absolute Gasteiger partial charge is 0.309 e. The van der Waals surface area contributed by atoms with Crippen LogP contribution in [0.5, 0.6) is 0 Å². The summed E-state index contributed by atoms with van der Waals surface area (Å²) in [4.78, 5) is 11.8. The molecule has 0 spiro atoms. The quantitative estimate of drug-likeness (QED) is 0.639. The lowest BCUT2D eigenvalue weighted by Gasteiger charge is -2.31. The average Bonchev–Trinajstić information content (AvgIpc) is 1.79. The molecule has 2 heteroatoms. The van der Waals surface area contributed by atoms with Crippen molar-refractivity contribution in [2.45, 2.75) is 60.5 Å². The monoisotopic (exact) mass is 200 g/mol. The highest BCUT2D eigenvalue weighted by Crippen LogP contribution is 2.30. The van der Waals surface area contributed by atoms with Gasteiger partial charge in [0.2, 0.25) is 0 Å². The topological polar surface area (TPSA) is 26.3 Å². The molecule has 0 bridgehead atoms. The average molecular weight is 200 g/mol. The number of hydrogen-bond donors (Lipinski definition) is 0. The summed E-state index contributed by atoms with van der Waals surface area (Å²) in [7, 11) is 0. The summed E-state index contributed by atoms with van der Waals surface area (Å²) in [5.41, 5.74) is -0.396. The van der Waals surface area contributed by atoms with Gasteiger partial charge >= 0.3 is 5.97 Å². The minimum Gasteiger partial charge on any atom is -0.460 e. The van der Waals surface area contributed by atoms with E-state index in [-0.39, 0.29) is 22.9 Å². The lowest BCUT2D eigenvalue weighted by molar-refractivity contribution is -0.164. The van der Waals surface area contributed by atoms with Crippen molar-refractivity contribution >= 4 is 5.97 Å². The first-order valence-electron chi connectivity index (χ1n) is 5.31. The van der Waals surface area contributed by atoms with Crippen LogP contribution in [0.4, 0.5) is 0 Å². The maximum absolute atomic E-state index is 11.8. The molecule has 0 saturated carbocycles. The molecule has 84 valence electrons. The van der Waals surface area contributed by atoms with Crippen molar-refractivity contribution in [3.05, 3.63) is 0 Å². The summed E-state index contributed by atoms with van der Waals surface area (Å²) in [5, 5.41) is 0. The van der Waals surface area contributed by atoms with Gasteiger partial charge in [-0.05, 0) is 32.6 Å². The van der Waals surface area contributed by atoms with E-state index in [1.165, 1.54) is 0 Å². The summed E-state index contributed by atoms with van der Waals surface area (Å²) in [5.74, 6) is -0.0887. The molecule has 0 aliphatic rings. The fourth-order valence-corrected chi connectivity index (χ4v) is 1.51. The molecule has 1 unspecified atom stereocenters. The molecule has 0 aromatic rings. The number of esters is 1. The van der Waals surface area contributed by atoms with Crippen molar-refractivity contribution in [3.8, 4) is 0 Å². The van der Waals surface area contributed by atoms with Gasteiger partial charge in [0.1, 0.15) is 5.60 Å². The van der Waals surface area contributed by atoms with Crippen LogP contribution in [0.25, 0.3) is 0 Å². The minimum atomic E-state index is -0.379. The van der Waals surface area contributed by atoms with Crippen LogP contribution >= 0.6 is 0 Å². The Bertz CT molecular complexity index is 193. The normalized spacial score (nSPS) is 15.1. The highest BCUT2D eigenvalue weighted by Gasteiger charge is 2.32. The SMILES string of the molecule is CCC(C(=O)OC(C)(C)C)C(C)(C)C. The Morgan fingerprint density at radius 2 is 1.57 bits per heavy atom. The van der Waals surface area contributed by atoms with Crippen molar-refractivity contribution in [2.75, 3.05) is 0 Å². The predicted molar refractivity (Wildman–Crippen MR) is 59.1 cm³/mol. The molecule has 0 aliphatic heterocycles. The zero-order valence-corrected chi connectivity index (χ0v) is 10.6. The van der Waals surface area contributed by atoms with Crippen LogP contribution < -0.4 is 0 Å². The van der Waals surface area contributed by atoms with Gasteiger partial charge in [-0.3, -0.25) is 4.79 Å². The summed E-state index contributed by atoms with van der Waals surface area (Å²) in [6, 6.07) is 0. The van der Waals surface area contributed by atoms with Gasteiger partial charge in [-0.2, -0.15) is 0 Å². The highest BCUT2D eigenvalue weighted by atomic mass is 16.6. The first-order chi connectivity index (χ1) is 6.08. The maximum Gasteiger partial charge on any atom is 0.309 e. The third-order valence-corrected chi connectivity index (χ3v) is 2.14. The maximum atomic E-state index is 11.8. The molecule has 0 heterocycles. The number of ether oxygens (including phenoxy) is 1.